The third-order valence-corrected chi connectivity index (χ3v) is 11.6. The number of likely N-dealkylation sites (tertiary alicyclic amines) is 1. The van der Waals surface area contributed by atoms with Crippen molar-refractivity contribution in [1.82, 2.24) is 35.1 Å². The highest BCUT2D eigenvalue weighted by Gasteiger charge is 2.78. The molecule has 4 aliphatic heterocycles. The van der Waals surface area contributed by atoms with Crippen molar-refractivity contribution in [1.29, 1.82) is 0 Å². The van der Waals surface area contributed by atoms with Crippen LogP contribution in [0, 0.1) is 23.2 Å². The van der Waals surface area contributed by atoms with E-state index in [1.54, 1.807) is 40.9 Å². The minimum Gasteiger partial charge on any atom is -0.370 e. The van der Waals surface area contributed by atoms with Gasteiger partial charge in [-0.15, -0.1) is 0 Å². The molecule has 9 rings (SSSR count). The van der Waals surface area contributed by atoms with Crippen molar-refractivity contribution in [3.05, 3.63) is 58.7 Å². The Morgan fingerprint density at radius 3 is 2.59 bits per heavy atom. The van der Waals surface area contributed by atoms with E-state index in [2.05, 4.69) is 25.9 Å². The number of nitrogens with one attached hydrogen (secondary N) is 3. The summed E-state index contributed by atoms with van der Waals surface area (Å²) in [5, 5.41) is 16.2. The lowest BCUT2D eigenvalue weighted by Gasteiger charge is -2.46. The fourth-order valence-corrected chi connectivity index (χ4v) is 8.40. The average Bonchev–Trinajstić information content (AvgIpc) is 3.54. The molecule has 2 aliphatic carbocycles. The number of fused-ring (bicyclic) bond motifs is 3. The van der Waals surface area contributed by atoms with Crippen molar-refractivity contribution in [3.8, 4) is 0 Å². The number of rotatable bonds is 7. The van der Waals surface area contributed by atoms with E-state index in [0.717, 1.165) is 4.90 Å². The van der Waals surface area contributed by atoms with Crippen molar-refractivity contribution < 1.29 is 37.5 Å². The van der Waals surface area contributed by atoms with E-state index in [4.69, 9.17) is 0 Å². The lowest BCUT2D eigenvalue weighted by molar-refractivity contribution is -0.143. The van der Waals surface area contributed by atoms with Crippen LogP contribution >= 0.6 is 0 Å². The SMILES string of the molecule is C[C@@]12Cc3[nH]nc(C(=O)Nc4cnn(CC5CN(C(=O)C6CN(c7ccc8c(c7)C(=O)N(C7CCC(=O)NC7=O)C8=O)C6)C5)c4)c3C[C@@H]1C2(F)F. The minimum atomic E-state index is -2.75. The highest BCUT2D eigenvalue weighted by molar-refractivity contribution is 6.23. The van der Waals surface area contributed by atoms with Crippen LogP contribution in [0.5, 0.6) is 0 Å². The maximum Gasteiger partial charge on any atom is 0.276 e. The predicted molar refractivity (Wildman–Crippen MR) is 172 cm³/mol. The fraction of sp³-hybridized carbons (Fsp3) is 0.471. The molecular formula is C34H33F2N9O6. The van der Waals surface area contributed by atoms with Gasteiger partial charge in [0.25, 0.3) is 23.6 Å². The van der Waals surface area contributed by atoms with Gasteiger partial charge in [-0.25, -0.2) is 8.78 Å². The number of amides is 6. The molecule has 1 aromatic carbocycles. The molecule has 0 bridgehead atoms. The zero-order valence-electron chi connectivity index (χ0n) is 27.4. The van der Waals surface area contributed by atoms with E-state index in [0.29, 0.717) is 55.4 Å². The molecule has 51 heavy (non-hydrogen) atoms. The molecule has 3 aromatic rings. The van der Waals surface area contributed by atoms with Gasteiger partial charge in [0, 0.05) is 86.0 Å². The molecule has 6 amide bonds. The Kier molecular flexibility index (Phi) is 6.65. The number of aromatic nitrogens is 4. The quantitative estimate of drug-likeness (QED) is 0.305. The minimum absolute atomic E-state index is 0.0407. The number of halogens is 2. The Morgan fingerprint density at radius 2 is 1.82 bits per heavy atom. The average molecular weight is 702 g/mol. The Morgan fingerprint density at radius 1 is 1.06 bits per heavy atom. The molecule has 2 aromatic heterocycles. The standard InChI is InChI=1S/C34H33F2N9O6/c1-33-8-23-22(7-25(33)34(33,35)36)27(41-40-23)29(48)38-18-9-37-44(15-18)12-16-10-43(11-16)30(49)17-13-42(14-17)19-2-3-20-21(6-19)32(51)45(31(20)50)24-4-5-26(46)39-28(24)47/h2-3,6,9,15-17,24-25H,4-5,7-8,10-14H2,1H3,(H,38,48)(H,40,41)(H,39,46,47)/t24?,25-,33+/m0/s1. The van der Waals surface area contributed by atoms with Gasteiger partial charge >= 0.3 is 0 Å². The van der Waals surface area contributed by atoms with Crippen LogP contribution in [-0.2, 0) is 33.8 Å². The van der Waals surface area contributed by atoms with Gasteiger partial charge in [-0.3, -0.25) is 48.8 Å². The number of carbonyl (C=O) groups is 6. The smallest absolute Gasteiger partial charge is 0.276 e. The fourth-order valence-electron chi connectivity index (χ4n) is 8.40. The first-order valence-corrected chi connectivity index (χ1v) is 17.0. The van der Waals surface area contributed by atoms with E-state index in [-0.39, 0.29) is 60.2 Å². The highest BCUT2D eigenvalue weighted by Crippen LogP contribution is 2.70. The van der Waals surface area contributed by atoms with Crippen LogP contribution in [0.3, 0.4) is 0 Å². The van der Waals surface area contributed by atoms with Gasteiger partial charge in [-0.1, -0.05) is 6.92 Å². The van der Waals surface area contributed by atoms with Gasteiger partial charge in [0.1, 0.15) is 6.04 Å². The monoisotopic (exact) mass is 701 g/mol. The van der Waals surface area contributed by atoms with Crippen LogP contribution in [0.4, 0.5) is 20.2 Å². The highest BCUT2D eigenvalue weighted by atomic mass is 19.3. The number of hydrogen-bond acceptors (Lipinski definition) is 9. The number of carbonyl (C=O) groups excluding carboxylic acids is 6. The van der Waals surface area contributed by atoms with Crippen molar-refractivity contribution in [3.63, 3.8) is 0 Å². The molecule has 0 radical (unpaired) electrons. The second-order valence-electron chi connectivity index (χ2n) is 14.8. The number of aromatic amines is 1. The second kappa shape index (κ2) is 10.8. The molecule has 4 fully saturated rings. The number of alkyl halides is 2. The topological polar surface area (TPSA) is 183 Å². The molecule has 1 unspecified atom stereocenters. The number of anilines is 2. The van der Waals surface area contributed by atoms with E-state index in [1.807, 2.05) is 4.90 Å². The summed E-state index contributed by atoms with van der Waals surface area (Å²) in [4.78, 5) is 80.9. The first kappa shape index (κ1) is 31.5. The van der Waals surface area contributed by atoms with Crippen LogP contribution in [0.2, 0.25) is 0 Å². The van der Waals surface area contributed by atoms with Gasteiger partial charge in [0.2, 0.25) is 17.7 Å². The maximum atomic E-state index is 14.3. The van der Waals surface area contributed by atoms with Crippen molar-refractivity contribution in [2.45, 2.75) is 51.1 Å². The summed E-state index contributed by atoms with van der Waals surface area (Å²) < 4.78 is 30.3. The normalized spacial score (nSPS) is 26.6. The Hall–Kier alpha value is -5.48. The Bertz CT molecular complexity index is 2080. The number of imide groups is 2. The maximum absolute atomic E-state index is 14.3. The molecule has 17 heteroatoms. The summed E-state index contributed by atoms with van der Waals surface area (Å²) in [5.74, 6) is -6.24. The second-order valence-corrected chi connectivity index (χ2v) is 14.8. The summed E-state index contributed by atoms with van der Waals surface area (Å²) >= 11 is 0. The zero-order valence-corrected chi connectivity index (χ0v) is 27.4. The first-order valence-electron chi connectivity index (χ1n) is 17.0. The number of piperidine rings is 1. The summed E-state index contributed by atoms with van der Waals surface area (Å²) in [6.07, 6.45) is 3.61. The van der Waals surface area contributed by atoms with Crippen LogP contribution in [0.25, 0.3) is 0 Å². The lowest BCUT2D eigenvalue weighted by Crippen LogP contribution is -2.60. The Labute approximate surface area is 288 Å². The summed E-state index contributed by atoms with van der Waals surface area (Å²) in [7, 11) is 0. The first-order chi connectivity index (χ1) is 24.3. The van der Waals surface area contributed by atoms with Gasteiger partial charge in [-0.2, -0.15) is 10.2 Å². The van der Waals surface area contributed by atoms with Crippen molar-refractivity contribution in [2.24, 2.45) is 23.2 Å². The van der Waals surface area contributed by atoms with Crippen molar-refractivity contribution in [2.75, 3.05) is 36.4 Å². The Balaban J connectivity index is 0.749. The van der Waals surface area contributed by atoms with Crippen molar-refractivity contribution >= 4 is 46.8 Å². The van der Waals surface area contributed by atoms with Crippen LogP contribution in [-0.4, -0.2) is 103 Å². The number of benzene rings is 1. The van der Waals surface area contributed by atoms with Gasteiger partial charge in [-0.05, 0) is 31.0 Å². The molecule has 3 saturated heterocycles. The summed E-state index contributed by atoms with van der Waals surface area (Å²) in [6, 6.07) is 3.88. The predicted octanol–water partition coefficient (Wildman–Crippen LogP) is 1.22. The molecular weight excluding hydrogens is 668 g/mol. The van der Waals surface area contributed by atoms with Gasteiger partial charge in [0.15, 0.2) is 5.69 Å². The number of hydrogen-bond donors (Lipinski definition) is 3. The van der Waals surface area contributed by atoms with E-state index < -0.39 is 52.8 Å². The third-order valence-electron chi connectivity index (χ3n) is 11.6. The summed E-state index contributed by atoms with van der Waals surface area (Å²) in [5.41, 5.74) is 1.74. The van der Waals surface area contributed by atoms with E-state index in [9.17, 15) is 37.5 Å². The molecule has 1 saturated carbocycles. The molecule has 264 valence electrons. The molecule has 6 aliphatic rings. The number of H-pyrrole nitrogens is 1. The van der Waals surface area contributed by atoms with Crippen LogP contribution in [0.15, 0.2) is 30.6 Å². The van der Waals surface area contributed by atoms with Crippen LogP contribution < -0.4 is 15.5 Å². The molecule has 6 heterocycles. The van der Waals surface area contributed by atoms with E-state index >= 15 is 0 Å². The van der Waals surface area contributed by atoms with Gasteiger partial charge < -0.3 is 15.1 Å². The third kappa shape index (κ3) is 4.72. The zero-order chi connectivity index (χ0) is 35.6. The van der Waals surface area contributed by atoms with E-state index in [1.165, 1.54) is 6.20 Å². The molecule has 3 atom stereocenters. The van der Waals surface area contributed by atoms with Gasteiger partial charge in [0.05, 0.1) is 28.9 Å². The lowest BCUT2D eigenvalue weighted by atomic mass is 9.87. The number of nitrogens with zero attached hydrogens (tertiary/aromatic N) is 6. The van der Waals surface area contributed by atoms with Crippen LogP contribution in [0.1, 0.15) is 62.2 Å². The largest absolute Gasteiger partial charge is 0.370 e. The summed E-state index contributed by atoms with van der Waals surface area (Å²) in [6.45, 7) is 4.16. The molecule has 0 spiro atoms. The molecule has 3 N–H and O–H groups in total. The molecule has 15 nitrogen and oxygen atoms in total.